The van der Waals surface area contributed by atoms with Crippen molar-refractivity contribution < 1.29 is 9.50 Å². The molecule has 2 N–H and O–H groups in total. The Bertz CT molecular complexity index is 593. The summed E-state index contributed by atoms with van der Waals surface area (Å²) in [5, 5.41) is 21.4. The minimum absolute atomic E-state index is 0.201. The van der Waals surface area contributed by atoms with Crippen LogP contribution in [0.15, 0.2) is 48.5 Å². The van der Waals surface area contributed by atoms with Gasteiger partial charge in [-0.1, -0.05) is 30.3 Å². The summed E-state index contributed by atoms with van der Waals surface area (Å²) in [6.45, 7) is 0.201. The normalized spacial score (nSPS) is 11.6. The predicted molar refractivity (Wildman–Crippen MR) is 71.0 cm³/mol. The molecule has 0 aromatic heterocycles. The predicted octanol–water partition coefficient (Wildman–Crippen LogP) is 2.84. The SMILES string of the molecule is N#Cc1ccc(NCC(O)c2ccccc2)c(F)c1. The summed E-state index contributed by atoms with van der Waals surface area (Å²) in [4.78, 5) is 0. The van der Waals surface area contributed by atoms with Crippen LogP contribution >= 0.6 is 0 Å². The molecule has 3 nitrogen and oxygen atoms in total. The van der Waals surface area contributed by atoms with Crippen molar-refractivity contribution in [2.75, 3.05) is 11.9 Å². The van der Waals surface area contributed by atoms with Gasteiger partial charge in [-0.05, 0) is 23.8 Å². The van der Waals surface area contributed by atoms with Crippen molar-refractivity contribution in [3.8, 4) is 6.07 Å². The van der Waals surface area contributed by atoms with Gasteiger partial charge in [-0.15, -0.1) is 0 Å². The number of halogens is 1. The van der Waals surface area contributed by atoms with Crippen molar-refractivity contribution in [1.29, 1.82) is 5.26 Å². The topological polar surface area (TPSA) is 56.0 Å². The summed E-state index contributed by atoms with van der Waals surface area (Å²) in [5.74, 6) is -0.501. The van der Waals surface area contributed by atoms with Crippen LogP contribution in [0, 0.1) is 17.1 Å². The first-order chi connectivity index (χ1) is 9.20. The molecule has 2 rings (SSSR count). The summed E-state index contributed by atoms with van der Waals surface area (Å²) in [5.41, 5.74) is 1.31. The van der Waals surface area contributed by atoms with Crippen LogP contribution in [0.4, 0.5) is 10.1 Å². The van der Waals surface area contributed by atoms with E-state index >= 15 is 0 Å². The van der Waals surface area contributed by atoms with E-state index in [-0.39, 0.29) is 17.8 Å². The highest BCUT2D eigenvalue weighted by atomic mass is 19.1. The molecule has 96 valence electrons. The number of nitriles is 1. The molecule has 0 spiro atoms. The Kier molecular flexibility index (Phi) is 4.11. The lowest BCUT2D eigenvalue weighted by Gasteiger charge is -2.13. The summed E-state index contributed by atoms with van der Waals surface area (Å²) < 4.78 is 13.6. The molecule has 0 bridgehead atoms. The van der Waals surface area contributed by atoms with Crippen LogP contribution in [-0.4, -0.2) is 11.7 Å². The molecular weight excluding hydrogens is 243 g/mol. The third-order valence-electron chi connectivity index (χ3n) is 2.77. The van der Waals surface area contributed by atoms with Crippen LogP contribution < -0.4 is 5.32 Å². The van der Waals surface area contributed by atoms with Crippen molar-refractivity contribution in [1.82, 2.24) is 0 Å². The molecule has 0 aliphatic heterocycles. The molecule has 0 aliphatic carbocycles. The van der Waals surface area contributed by atoms with Crippen LogP contribution in [-0.2, 0) is 0 Å². The second kappa shape index (κ2) is 5.98. The number of aliphatic hydroxyl groups is 1. The van der Waals surface area contributed by atoms with Gasteiger partial charge in [0.1, 0.15) is 5.82 Å². The van der Waals surface area contributed by atoms with E-state index in [2.05, 4.69) is 5.32 Å². The summed E-state index contributed by atoms with van der Waals surface area (Å²) in [6.07, 6.45) is -0.712. The summed E-state index contributed by atoms with van der Waals surface area (Å²) in [7, 11) is 0. The van der Waals surface area contributed by atoms with Crippen molar-refractivity contribution >= 4 is 5.69 Å². The number of aliphatic hydroxyl groups excluding tert-OH is 1. The Morgan fingerprint density at radius 3 is 2.58 bits per heavy atom. The molecule has 0 radical (unpaired) electrons. The molecule has 0 saturated heterocycles. The molecule has 19 heavy (non-hydrogen) atoms. The van der Waals surface area contributed by atoms with Crippen molar-refractivity contribution in [3.63, 3.8) is 0 Å². The molecular formula is C15H13FN2O. The number of hydrogen-bond donors (Lipinski definition) is 2. The van der Waals surface area contributed by atoms with Gasteiger partial charge in [-0.3, -0.25) is 0 Å². The Balaban J connectivity index is 2.01. The fourth-order valence-corrected chi connectivity index (χ4v) is 1.73. The Morgan fingerprint density at radius 2 is 1.95 bits per heavy atom. The fourth-order valence-electron chi connectivity index (χ4n) is 1.73. The Morgan fingerprint density at radius 1 is 1.21 bits per heavy atom. The second-order valence-electron chi connectivity index (χ2n) is 4.11. The molecule has 1 atom stereocenters. The van der Waals surface area contributed by atoms with Gasteiger partial charge in [-0.25, -0.2) is 4.39 Å². The van der Waals surface area contributed by atoms with E-state index in [1.165, 1.54) is 12.1 Å². The van der Waals surface area contributed by atoms with Crippen LogP contribution in [0.5, 0.6) is 0 Å². The van der Waals surface area contributed by atoms with Gasteiger partial charge >= 0.3 is 0 Å². The maximum Gasteiger partial charge on any atom is 0.147 e. The highest BCUT2D eigenvalue weighted by Gasteiger charge is 2.08. The van der Waals surface area contributed by atoms with Crippen LogP contribution in [0.25, 0.3) is 0 Å². The van der Waals surface area contributed by atoms with Crippen molar-refractivity contribution in [2.45, 2.75) is 6.10 Å². The number of rotatable bonds is 4. The lowest BCUT2D eigenvalue weighted by Crippen LogP contribution is -2.12. The van der Waals surface area contributed by atoms with E-state index in [9.17, 15) is 9.50 Å². The van der Waals surface area contributed by atoms with E-state index < -0.39 is 11.9 Å². The number of benzene rings is 2. The molecule has 0 heterocycles. The van der Waals surface area contributed by atoms with Gasteiger partial charge in [0.15, 0.2) is 0 Å². The minimum Gasteiger partial charge on any atom is -0.387 e. The Labute approximate surface area is 110 Å². The van der Waals surface area contributed by atoms with E-state index in [0.717, 1.165) is 11.6 Å². The fraction of sp³-hybridized carbons (Fsp3) is 0.133. The first kappa shape index (κ1) is 13.1. The highest BCUT2D eigenvalue weighted by Crippen LogP contribution is 2.18. The van der Waals surface area contributed by atoms with E-state index in [4.69, 9.17) is 5.26 Å². The van der Waals surface area contributed by atoms with Crippen molar-refractivity contribution in [3.05, 3.63) is 65.5 Å². The van der Waals surface area contributed by atoms with Gasteiger partial charge in [0.2, 0.25) is 0 Å². The summed E-state index contributed by atoms with van der Waals surface area (Å²) in [6, 6.07) is 15.2. The largest absolute Gasteiger partial charge is 0.387 e. The Hall–Kier alpha value is -2.38. The highest BCUT2D eigenvalue weighted by molar-refractivity contribution is 5.49. The molecule has 0 amide bonds. The van der Waals surface area contributed by atoms with Gasteiger partial charge in [-0.2, -0.15) is 5.26 Å². The van der Waals surface area contributed by atoms with Crippen LogP contribution in [0.1, 0.15) is 17.2 Å². The first-order valence-corrected chi connectivity index (χ1v) is 5.87. The van der Waals surface area contributed by atoms with Gasteiger partial charge in [0.25, 0.3) is 0 Å². The minimum atomic E-state index is -0.712. The van der Waals surface area contributed by atoms with E-state index in [1.807, 2.05) is 36.4 Å². The summed E-state index contributed by atoms with van der Waals surface area (Å²) >= 11 is 0. The van der Waals surface area contributed by atoms with E-state index in [0.29, 0.717) is 0 Å². The zero-order chi connectivity index (χ0) is 13.7. The third kappa shape index (κ3) is 3.30. The number of nitrogens with zero attached hydrogens (tertiary/aromatic N) is 1. The number of hydrogen-bond acceptors (Lipinski definition) is 3. The standard InChI is InChI=1S/C15H13FN2O/c16-13-8-11(9-17)6-7-14(13)18-10-15(19)12-4-2-1-3-5-12/h1-8,15,18-19H,10H2. The molecule has 1 unspecified atom stereocenters. The molecule has 2 aromatic rings. The molecule has 4 heteroatoms. The zero-order valence-corrected chi connectivity index (χ0v) is 10.2. The molecule has 2 aromatic carbocycles. The van der Waals surface area contributed by atoms with Gasteiger partial charge < -0.3 is 10.4 Å². The van der Waals surface area contributed by atoms with Crippen molar-refractivity contribution in [2.24, 2.45) is 0 Å². The number of anilines is 1. The number of nitrogens with one attached hydrogen (secondary N) is 1. The third-order valence-corrected chi connectivity index (χ3v) is 2.77. The zero-order valence-electron chi connectivity index (χ0n) is 10.2. The average Bonchev–Trinajstić information content (AvgIpc) is 2.46. The first-order valence-electron chi connectivity index (χ1n) is 5.87. The van der Waals surface area contributed by atoms with Gasteiger partial charge in [0.05, 0.1) is 23.4 Å². The lowest BCUT2D eigenvalue weighted by molar-refractivity contribution is 0.191. The van der Waals surface area contributed by atoms with Crippen LogP contribution in [0.2, 0.25) is 0 Å². The maximum atomic E-state index is 13.6. The molecule has 0 aliphatic rings. The molecule has 0 fully saturated rings. The second-order valence-corrected chi connectivity index (χ2v) is 4.11. The van der Waals surface area contributed by atoms with Crippen LogP contribution in [0.3, 0.4) is 0 Å². The molecule has 0 saturated carbocycles. The quantitative estimate of drug-likeness (QED) is 0.884. The lowest BCUT2D eigenvalue weighted by atomic mass is 10.1. The van der Waals surface area contributed by atoms with Gasteiger partial charge in [0, 0.05) is 6.54 Å². The smallest absolute Gasteiger partial charge is 0.147 e. The monoisotopic (exact) mass is 256 g/mol. The average molecular weight is 256 g/mol. The maximum absolute atomic E-state index is 13.6. The van der Waals surface area contributed by atoms with E-state index in [1.54, 1.807) is 0 Å².